The summed E-state index contributed by atoms with van der Waals surface area (Å²) in [4.78, 5) is 0. The van der Waals surface area contributed by atoms with Crippen LogP contribution in [0.3, 0.4) is 0 Å². The lowest BCUT2D eigenvalue weighted by Crippen LogP contribution is -2.33. The minimum Gasteiger partial charge on any atom is -0.496 e. The molecule has 0 aromatic heterocycles. The number of nitrogens with two attached hydrogens (primary N) is 1. The lowest BCUT2D eigenvalue weighted by molar-refractivity contribution is 0.376. The van der Waals surface area contributed by atoms with Crippen LogP contribution in [0.4, 0.5) is 0 Å². The van der Waals surface area contributed by atoms with Gasteiger partial charge in [-0.15, -0.1) is 0 Å². The van der Waals surface area contributed by atoms with Crippen molar-refractivity contribution in [1.29, 1.82) is 0 Å². The third kappa shape index (κ3) is 2.04. The molecule has 1 aromatic rings. The second-order valence-corrected chi connectivity index (χ2v) is 5.45. The van der Waals surface area contributed by atoms with Gasteiger partial charge in [0.15, 0.2) is 0 Å². The fourth-order valence-electron chi connectivity index (χ4n) is 2.85. The molecule has 0 saturated heterocycles. The van der Waals surface area contributed by atoms with Gasteiger partial charge in [-0.2, -0.15) is 0 Å². The molecule has 0 amide bonds. The minimum absolute atomic E-state index is 0.231. The number of aryl methyl sites for hydroxylation is 1. The maximum absolute atomic E-state index is 6.52. The van der Waals surface area contributed by atoms with Crippen molar-refractivity contribution in [2.45, 2.75) is 45.1 Å². The predicted molar refractivity (Wildman–Crippen MR) is 71.8 cm³/mol. The average Bonchev–Trinajstić information content (AvgIpc) is 2.74. The third-order valence-electron chi connectivity index (χ3n) is 3.86. The van der Waals surface area contributed by atoms with E-state index in [9.17, 15) is 0 Å². The molecule has 1 saturated carbocycles. The molecule has 0 heterocycles. The van der Waals surface area contributed by atoms with Crippen LogP contribution < -0.4 is 10.5 Å². The summed E-state index contributed by atoms with van der Waals surface area (Å²) in [7, 11) is 1.69. The number of halogens is 1. The first-order chi connectivity index (χ1) is 7.99. The Kier molecular flexibility index (Phi) is 3.37. The molecule has 3 heteroatoms. The molecule has 1 aliphatic carbocycles. The Hall–Kier alpha value is -0.730. The summed E-state index contributed by atoms with van der Waals surface area (Å²) in [5.41, 5.74) is 9.49. The summed E-state index contributed by atoms with van der Waals surface area (Å²) in [5, 5.41) is 0.784. The molecule has 94 valence electrons. The summed E-state index contributed by atoms with van der Waals surface area (Å²) in [6, 6.07) is 2.10. The van der Waals surface area contributed by atoms with Gasteiger partial charge in [-0.3, -0.25) is 0 Å². The Morgan fingerprint density at radius 2 is 1.88 bits per heavy atom. The highest BCUT2D eigenvalue weighted by Crippen LogP contribution is 2.44. The summed E-state index contributed by atoms with van der Waals surface area (Å²) >= 11 is 6.26. The Bertz CT molecular complexity index is 436. The Balaban J connectivity index is 2.60. The van der Waals surface area contributed by atoms with Crippen molar-refractivity contribution in [2.75, 3.05) is 7.11 Å². The number of hydrogen-bond acceptors (Lipinski definition) is 2. The van der Waals surface area contributed by atoms with Gasteiger partial charge in [-0.25, -0.2) is 0 Å². The Morgan fingerprint density at radius 1 is 1.29 bits per heavy atom. The molecule has 2 rings (SSSR count). The van der Waals surface area contributed by atoms with Crippen LogP contribution in [-0.4, -0.2) is 7.11 Å². The zero-order valence-electron chi connectivity index (χ0n) is 10.8. The molecule has 0 aliphatic heterocycles. The van der Waals surface area contributed by atoms with E-state index in [4.69, 9.17) is 22.1 Å². The lowest BCUT2D eigenvalue weighted by Gasteiger charge is -2.28. The van der Waals surface area contributed by atoms with E-state index in [1.54, 1.807) is 7.11 Å². The second kappa shape index (κ2) is 4.51. The molecule has 1 fully saturated rings. The first kappa shape index (κ1) is 12.7. The quantitative estimate of drug-likeness (QED) is 0.872. The molecule has 0 unspecified atom stereocenters. The highest BCUT2D eigenvalue weighted by molar-refractivity contribution is 6.32. The van der Waals surface area contributed by atoms with E-state index >= 15 is 0 Å². The van der Waals surface area contributed by atoms with Gasteiger partial charge in [-0.05, 0) is 38.3 Å². The summed E-state index contributed by atoms with van der Waals surface area (Å²) in [6.45, 7) is 4.02. The fourth-order valence-corrected chi connectivity index (χ4v) is 2.99. The highest BCUT2D eigenvalue weighted by Gasteiger charge is 2.35. The maximum atomic E-state index is 6.52. The molecular formula is C14H20ClNO. The van der Waals surface area contributed by atoms with Crippen LogP contribution in [0.1, 0.15) is 42.4 Å². The van der Waals surface area contributed by atoms with E-state index < -0.39 is 0 Å². The predicted octanol–water partition coefficient (Wildman–Crippen LogP) is 3.69. The van der Waals surface area contributed by atoms with Crippen molar-refractivity contribution in [2.24, 2.45) is 5.73 Å². The van der Waals surface area contributed by atoms with Crippen LogP contribution in [-0.2, 0) is 5.54 Å². The average molecular weight is 254 g/mol. The number of benzene rings is 1. The lowest BCUT2D eigenvalue weighted by atomic mass is 9.86. The van der Waals surface area contributed by atoms with Crippen LogP contribution in [0.2, 0.25) is 5.02 Å². The van der Waals surface area contributed by atoms with Gasteiger partial charge >= 0.3 is 0 Å². The van der Waals surface area contributed by atoms with E-state index in [2.05, 4.69) is 6.07 Å². The zero-order valence-corrected chi connectivity index (χ0v) is 11.5. The van der Waals surface area contributed by atoms with Crippen LogP contribution in [0.5, 0.6) is 5.75 Å². The van der Waals surface area contributed by atoms with E-state index in [-0.39, 0.29) is 5.54 Å². The summed E-state index contributed by atoms with van der Waals surface area (Å²) < 4.78 is 5.53. The second-order valence-electron chi connectivity index (χ2n) is 5.08. The highest BCUT2D eigenvalue weighted by atomic mass is 35.5. The normalized spacial score (nSPS) is 18.4. The van der Waals surface area contributed by atoms with Gasteiger partial charge in [0.25, 0.3) is 0 Å². The molecule has 0 atom stereocenters. The SMILES string of the molecule is COc1c(C2(N)CCCC2)cc(C)c(Cl)c1C. The van der Waals surface area contributed by atoms with Gasteiger partial charge in [-0.1, -0.05) is 24.4 Å². The number of methoxy groups -OCH3 is 1. The van der Waals surface area contributed by atoms with Gasteiger partial charge in [0.1, 0.15) is 5.75 Å². The van der Waals surface area contributed by atoms with E-state index in [1.807, 2.05) is 13.8 Å². The van der Waals surface area contributed by atoms with Crippen molar-refractivity contribution >= 4 is 11.6 Å². The molecule has 1 aliphatic rings. The van der Waals surface area contributed by atoms with Crippen LogP contribution >= 0.6 is 11.6 Å². The molecule has 0 radical (unpaired) electrons. The monoisotopic (exact) mass is 253 g/mol. The van der Waals surface area contributed by atoms with Gasteiger partial charge in [0.05, 0.1) is 12.1 Å². The van der Waals surface area contributed by atoms with Crippen molar-refractivity contribution < 1.29 is 4.74 Å². The smallest absolute Gasteiger partial charge is 0.128 e. The van der Waals surface area contributed by atoms with Crippen molar-refractivity contribution in [3.8, 4) is 5.75 Å². The molecule has 0 spiro atoms. The Morgan fingerprint density at radius 3 is 2.41 bits per heavy atom. The number of rotatable bonds is 2. The first-order valence-corrected chi connectivity index (χ1v) is 6.50. The molecule has 2 N–H and O–H groups in total. The zero-order chi connectivity index (χ0) is 12.6. The summed E-state index contributed by atoms with van der Waals surface area (Å²) in [6.07, 6.45) is 4.45. The van der Waals surface area contributed by atoms with Crippen molar-refractivity contribution in [1.82, 2.24) is 0 Å². The van der Waals surface area contributed by atoms with Gasteiger partial charge < -0.3 is 10.5 Å². The molecule has 2 nitrogen and oxygen atoms in total. The minimum atomic E-state index is -0.231. The molecule has 17 heavy (non-hydrogen) atoms. The van der Waals surface area contributed by atoms with E-state index in [0.29, 0.717) is 0 Å². The topological polar surface area (TPSA) is 35.2 Å². The Labute approximate surface area is 108 Å². The van der Waals surface area contributed by atoms with Gasteiger partial charge in [0.2, 0.25) is 0 Å². The first-order valence-electron chi connectivity index (χ1n) is 6.12. The van der Waals surface area contributed by atoms with Crippen LogP contribution in [0.15, 0.2) is 6.07 Å². The van der Waals surface area contributed by atoms with Crippen molar-refractivity contribution in [3.63, 3.8) is 0 Å². The van der Waals surface area contributed by atoms with E-state index in [0.717, 1.165) is 40.3 Å². The standard InChI is InChI=1S/C14H20ClNO/c1-9-8-11(14(16)6-4-5-7-14)13(17-3)10(2)12(9)15/h8H,4-7,16H2,1-3H3. The molecule has 1 aromatic carbocycles. The van der Waals surface area contributed by atoms with Crippen LogP contribution in [0, 0.1) is 13.8 Å². The maximum Gasteiger partial charge on any atom is 0.128 e. The van der Waals surface area contributed by atoms with Gasteiger partial charge in [0, 0.05) is 16.7 Å². The molecule has 0 bridgehead atoms. The summed E-state index contributed by atoms with van der Waals surface area (Å²) in [5.74, 6) is 0.866. The van der Waals surface area contributed by atoms with Crippen LogP contribution in [0.25, 0.3) is 0 Å². The number of hydrogen-bond donors (Lipinski definition) is 1. The van der Waals surface area contributed by atoms with E-state index in [1.165, 1.54) is 12.8 Å². The van der Waals surface area contributed by atoms with Crippen molar-refractivity contribution in [3.05, 3.63) is 27.8 Å². The largest absolute Gasteiger partial charge is 0.496 e. The fraction of sp³-hybridized carbons (Fsp3) is 0.571. The molecular weight excluding hydrogens is 234 g/mol. The third-order valence-corrected chi connectivity index (χ3v) is 4.44. The number of ether oxygens (including phenoxy) is 1.